The first-order chi connectivity index (χ1) is 14.6. The standard InChI is InChI=1S/C26H38N2O2/c1-4-6-7-10-13-22-15-17-23(18-16-22)26-27-19-24(20-28-26)30-25(29)14-11-8-9-12-21(3)5-2/h15-21H,4-14H2,1-3H3. The molecule has 1 atom stereocenters. The normalized spacial score (nSPS) is 12.0. The molecule has 0 aliphatic carbocycles. The topological polar surface area (TPSA) is 52.1 Å². The number of carbonyl (C=O) groups excluding carboxylic acids is 1. The fourth-order valence-corrected chi connectivity index (χ4v) is 3.42. The van der Waals surface area contributed by atoms with Crippen molar-refractivity contribution in [1.29, 1.82) is 0 Å². The quantitative estimate of drug-likeness (QED) is 0.245. The number of carbonyl (C=O) groups is 1. The van der Waals surface area contributed by atoms with E-state index in [0.29, 0.717) is 18.0 Å². The summed E-state index contributed by atoms with van der Waals surface area (Å²) in [4.78, 5) is 20.7. The summed E-state index contributed by atoms with van der Waals surface area (Å²) in [6, 6.07) is 8.44. The number of rotatable bonds is 14. The van der Waals surface area contributed by atoms with Crippen molar-refractivity contribution >= 4 is 5.97 Å². The van der Waals surface area contributed by atoms with Crippen LogP contribution in [-0.4, -0.2) is 15.9 Å². The van der Waals surface area contributed by atoms with Gasteiger partial charge in [-0.05, 0) is 30.7 Å². The van der Waals surface area contributed by atoms with Crippen LogP contribution in [0.1, 0.15) is 90.5 Å². The molecule has 1 unspecified atom stereocenters. The highest BCUT2D eigenvalue weighted by atomic mass is 16.5. The van der Waals surface area contributed by atoms with E-state index in [2.05, 4.69) is 55.0 Å². The van der Waals surface area contributed by atoms with Crippen LogP contribution in [0.3, 0.4) is 0 Å². The minimum atomic E-state index is -0.206. The average Bonchev–Trinajstić information content (AvgIpc) is 2.77. The summed E-state index contributed by atoms with van der Waals surface area (Å²) in [7, 11) is 0. The molecule has 0 N–H and O–H groups in total. The second-order valence-electron chi connectivity index (χ2n) is 8.34. The van der Waals surface area contributed by atoms with Gasteiger partial charge in [0.2, 0.25) is 0 Å². The summed E-state index contributed by atoms with van der Waals surface area (Å²) in [6.07, 6.45) is 15.4. The van der Waals surface area contributed by atoms with Gasteiger partial charge in [0, 0.05) is 12.0 Å². The summed E-state index contributed by atoms with van der Waals surface area (Å²) < 4.78 is 5.37. The van der Waals surface area contributed by atoms with Crippen molar-refractivity contribution in [3.8, 4) is 17.1 Å². The molecule has 1 aromatic heterocycles. The Balaban J connectivity index is 1.74. The molecule has 0 bridgehead atoms. The molecule has 0 aliphatic heterocycles. The van der Waals surface area contributed by atoms with Crippen LogP contribution in [-0.2, 0) is 11.2 Å². The van der Waals surface area contributed by atoms with Gasteiger partial charge in [-0.1, -0.05) is 90.0 Å². The number of benzene rings is 1. The summed E-state index contributed by atoms with van der Waals surface area (Å²) in [5.41, 5.74) is 2.33. The van der Waals surface area contributed by atoms with E-state index in [4.69, 9.17) is 4.74 Å². The molecule has 0 radical (unpaired) electrons. The number of hydrogen-bond donors (Lipinski definition) is 0. The first-order valence-corrected chi connectivity index (χ1v) is 11.7. The van der Waals surface area contributed by atoms with Crippen molar-refractivity contribution in [2.75, 3.05) is 0 Å². The van der Waals surface area contributed by atoms with E-state index in [1.54, 1.807) is 12.4 Å². The first kappa shape index (κ1) is 24.0. The predicted molar refractivity (Wildman–Crippen MR) is 123 cm³/mol. The van der Waals surface area contributed by atoms with Crippen molar-refractivity contribution in [3.05, 3.63) is 42.2 Å². The Bertz CT molecular complexity index is 726. The Morgan fingerprint density at radius 3 is 2.30 bits per heavy atom. The maximum absolute atomic E-state index is 12.0. The number of aryl methyl sites for hydroxylation is 1. The molecule has 2 rings (SSSR count). The van der Waals surface area contributed by atoms with Gasteiger partial charge in [0.25, 0.3) is 0 Å². The lowest BCUT2D eigenvalue weighted by atomic mass is 10.0. The molecule has 0 fully saturated rings. The van der Waals surface area contributed by atoms with Gasteiger partial charge in [-0.15, -0.1) is 0 Å². The number of unbranched alkanes of at least 4 members (excludes halogenated alkanes) is 5. The van der Waals surface area contributed by atoms with Gasteiger partial charge in [-0.25, -0.2) is 9.97 Å². The molecular formula is C26H38N2O2. The van der Waals surface area contributed by atoms with Crippen LogP contribution in [0.5, 0.6) is 5.75 Å². The summed E-state index contributed by atoms with van der Waals surface area (Å²) in [5.74, 6) is 1.63. The third-order valence-electron chi connectivity index (χ3n) is 5.67. The molecule has 1 aromatic carbocycles. The zero-order chi connectivity index (χ0) is 21.6. The lowest BCUT2D eigenvalue weighted by Gasteiger charge is -2.08. The summed E-state index contributed by atoms with van der Waals surface area (Å²) in [6.45, 7) is 6.73. The van der Waals surface area contributed by atoms with Gasteiger partial charge in [-0.2, -0.15) is 0 Å². The monoisotopic (exact) mass is 410 g/mol. The van der Waals surface area contributed by atoms with E-state index in [1.165, 1.54) is 50.5 Å². The molecule has 0 spiro atoms. The van der Waals surface area contributed by atoms with Crippen LogP contribution in [0, 0.1) is 5.92 Å². The molecular weight excluding hydrogens is 372 g/mol. The SMILES string of the molecule is CCCCCCc1ccc(-c2ncc(OC(=O)CCCCCC(C)CC)cn2)cc1. The Morgan fingerprint density at radius 2 is 1.63 bits per heavy atom. The highest BCUT2D eigenvalue weighted by molar-refractivity contribution is 5.72. The highest BCUT2D eigenvalue weighted by Crippen LogP contribution is 2.19. The zero-order valence-corrected chi connectivity index (χ0v) is 19.0. The van der Waals surface area contributed by atoms with Crippen LogP contribution in [0.25, 0.3) is 11.4 Å². The first-order valence-electron chi connectivity index (χ1n) is 11.7. The minimum absolute atomic E-state index is 0.206. The molecule has 2 aromatic rings. The van der Waals surface area contributed by atoms with Crippen molar-refractivity contribution in [1.82, 2.24) is 9.97 Å². The van der Waals surface area contributed by atoms with Crippen molar-refractivity contribution < 1.29 is 9.53 Å². The fourth-order valence-electron chi connectivity index (χ4n) is 3.42. The van der Waals surface area contributed by atoms with E-state index in [9.17, 15) is 4.79 Å². The van der Waals surface area contributed by atoms with E-state index < -0.39 is 0 Å². The number of ether oxygens (including phenoxy) is 1. The third kappa shape index (κ3) is 9.06. The molecule has 0 aliphatic rings. The van der Waals surface area contributed by atoms with Gasteiger partial charge in [0.05, 0.1) is 12.4 Å². The summed E-state index contributed by atoms with van der Waals surface area (Å²) in [5, 5.41) is 0. The summed E-state index contributed by atoms with van der Waals surface area (Å²) >= 11 is 0. The fraction of sp³-hybridized carbons (Fsp3) is 0.577. The second-order valence-corrected chi connectivity index (χ2v) is 8.34. The Morgan fingerprint density at radius 1 is 0.933 bits per heavy atom. The third-order valence-corrected chi connectivity index (χ3v) is 5.67. The molecule has 0 amide bonds. The number of esters is 1. The zero-order valence-electron chi connectivity index (χ0n) is 19.0. The maximum atomic E-state index is 12.0. The molecule has 1 heterocycles. The molecule has 4 nitrogen and oxygen atoms in total. The van der Waals surface area contributed by atoms with E-state index in [-0.39, 0.29) is 5.97 Å². The molecule has 0 saturated carbocycles. The van der Waals surface area contributed by atoms with E-state index >= 15 is 0 Å². The van der Waals surface area contributed by atoms with Crippen LogP contribution in [0.4, 0.5) is 0 Å². The van der Waals surface area contributed by atoms with Crippen molar-refractivity contribution in [3.63, 3.8) is 0 Å². The van der Waals surface area contributed by atoms with Crippen LogP contribution in [0.15, 0.2) is 36.7 Å². The van der Waals surface area contributed by atoms with Gasteiger partial charge in [0.15, 0.2) is 11.6 Å². The van der Waals surface area contributed by atoms with Gasteiger partial charge >= 0.3 is 5.97 Å². The Kier molecular flexibility index (Phi) is 11.1. The lowest BCUT2D eigenvalue weighted by Crippen LogP contribution is -2.08. The van der Waals surface area contributed by atoms with Crippen molar-refractivity contribution in [2.45, 2.75) is 91.4 Å². The smallest absolute Gasteiger partial charge is 0.311 e. The van der Waals surface area contributed by atoms with Gasteiger partial charge in [0.1, 0.15) is 0 Å². The molecule has 164 valence electrons. The molecule has 0 saturated heterocycles. The molecule has 4 heteroatoms. The second kappa shape index (κ2) is 13.9. The largest absolute Gasteiger partial charge is 0.423 e. The maximum Gasteiger partial charge on any atom is 0.311 e. The van der Waals surface area contributed by atoms with Crippen LogP contribution >= 0.6 is 0 Å². The average molecular weight is 411 g/mol. The minimum Gasteiger partial charge on any atom is -0.423 e. The molecule has 30 heavy (non-hydrogen) atoms. The Labute approximate surface area is 182 Å². The van der Waals surface area contributed by atoms with Crippen molar-refractivity contribution in [2.24, 2.45) is 5.92 Å². The van der Waals surface area contributed by atoms with E-state index in [1.807, 2.05) is 0 Å². The van der Waals surface area contributed by atoms with Crippen LogP contribution < -0.4 is 4.74 Å². The van der Waals surface area contributed by atoms with Gasteiger partial charge < -0.3 is 4.74 Å². The number of hydrogen-bond acceptors (Lipinski definition) is 4. The number of nitrogens with zero attached hydrogens (tertiary/aromatic N) is 2. The lowest BCUT2D eigenvalue weighted by molar-refractivity contribution is -0.134. The van der Waals surface area contributed by atoms with E-state index in [0.717, 1.165) is 30.7 Å². The highest BCUT2D eigenvalue weighted by Gasteiger charge is 2.08. The van der Waals surface area contributed by atoms with Crippen LogP contribution in [0.2, 0.25) is 0 Å². The van der Waals surface area contributed by atoms with Gasteiger partial charge in [-0.3, -0.25) is 4.79 Å². The number of aromatic nitrogens is 2. The Hall–Kier alpha value is -2.23. The predicted octanol–water partition coefficient (Wildman–Crippen LogP) is 7.17.